The molecule has 1 N–H and O–H groups in total. The Hall–Kier alpha value is -1.22. The quantitative estimate of drug-likeness (QED) is 0.616. The summed E-state index contributed by atoms with van der Waals surface area (Å²) in [6.45, 7) is 5.70. The molecular weight excluding hydrogens is 202 g/mol. The van der Waals surface area contributed by atoms with Gasteiger partial charge in [-0.05, 0) is 13.0 Å². The van der Waals surface area contributed by atoms with Crippen LogP contribution in [0.25, 0.3) is 0 Å². The van der Waals surface area contributed by atoms with Gasteiger partial charge in [-0.15, -0.1) is 18.2 Å². The van der Waals surface area contributed by atoms with Gasteiger partial charge in [-0.1, -0.05) is 6.08 Å². The maximum absolute atomic E-state index is 11.4. The van der Waals surface area contributed by atoms with Crippen LogP contribution in [0, 0.1) is 6.92 Å². The highest BCUT2D eigenvalue weighted by Gasteiger charge is 2.12. The Kier molecular flexibility index (Phi) is 3.77. The number of carbonyl (C=O) groups is 1. The molecule has 4 heteroatoms. The predicted octanol–water partition coefficient (Wildman–Crippen LogP) is 2.24. The first-order chi connectivity index (χ1) is 6.69. The fraction of sp³-hybridized carbons (Fsp3) is 0.300. The first kappa shape index (κ1) is 10.9. The minimum atomic E-state index is -0.246. The number of hydrogen-bond donors (Lipinski definition) is 1. The van der Waals surface area contributed by atoms with Crippen LogP contribution in [0.5, 0.6) is 0 Å². The molecule has 0 unspecified atom stereocenters. The van der Waals surface area contributed by atoms with Crippen LogP contribution in [-0.2, 0) is 5.88 Å². The maximum atomic E-state index is 11.4. The van der Waals surface area contributed by atoms with Gasteiger partial charge in [0.1, 0.15) is 5.76 Å². The topological polar surface area (TPSA) is 42.2 Å². The highest BCUT2D eigenvalue weighted by Crippen LogP contribution is 2.16. The Morgan fingerprint density at radius 2 is 2.50 bits per heavy atom. The lowest BCUT2D eigenvalue weighted by molar-refractivity contribution is 0.0929. The first-order valence-corrected chi connectivity index (χ1v) is 4.77. The summed E-state index contributed by atoms with van der Waals surface area (Å²) in [5.74, 6) is 1.08. The molecule has 0 saturated carbocycles. The molecule has 0 fully saturated rings. The molecule has 76 valence electrons. The summed E-state index contributed by atoms with van der Waals surface area (Å²) in [5.41, 5.74) is 0.843. The maximum Gasteiger partial charge on any atom is 0.287 e. The van der Waals surface area contributed by atoms with Gasteiger partial charge >= 0.3 is 0 Å². The molecule has 0 atom stereocenters. The number of furan rings is 1. The van der Waals surface area contributed by atoms with Crippen molar-refractivity contribution in [2.75, 3.05) is 6.54 Å². The van der Waals surface area contributed by atoms with Crippen LogP contribution in [0.3, 0.4) is 0 Å². The van der Waals surface area contributed by atoms with E-state index in [1.165, 1.54) is 0 Å². The van der Waals surface area contributed by atoms with Gasteiger partial charge in [0.15, 0.2) is 5.76 Å². The van der Waals surface area contributed by atoms with Crippen molar-refractivity contribution < 1.29 is 9.21 Å². The molecule has 0 aromatic carbocycles. The van der Waals surface area contributed by atoms with E-state index < -0.39 is 0 Å². The third-order valence-electron chi connectivity index (χ3n) is 1.80. The number of rotatable bonds is 4. The van der Waals surface area contributed by atoms with Crippen LogP contribution >= 0.6 is 11.6 Å². The van der Waals surface area contributed by atoms with Crippen LogP contribution < -0.4 is 5.32 Å². The normalized spacial score (nSPS) is 9.86. The van der Waals surface area contributed by atoms with Gasteiger partial charge in [0, 0.05) is 12.1 Å². The largest absolute Gasteiger partial charge is 0.456 e. The number of carbonyl (C=O) groups excluding carboxylic acids is 1. The number of aryl methyl sites for hydroxylation is 1. The lowest BCUT2D eigenvalue weighted by Crippen LogP contribution is -2.22. The summed E-state index contributed by atoms with van der Waals surface area (Å²) in [6, 6.07) is 1.65. The second-order valence-corrected chi connectivity index (χ2v) is 3.09. The van der Waals surface area contributed by atoms with Crippen LogP contribution in [0.2, 0.25) is 0 Å². The Morgan fingerprint density at radius 1 is 1.79 bits per heavy atom. The summed E-state index contributed by atoms with van der Waals surface area (Å²) >= 11 is 5.65. The second kappa shape index (κ2) is 4.86. The highest BCUT2D eigenvalue weighted by atomic mass is 35.5. The molecule has 0 bridgehead atoms. The van der Waals surface area contributed by atoms with E-state index >= 15 is 0 Å². The van der Waals surface area contributed by atoms with E-state index in [2.05, 4.69) is 11.9 Å². The fourth-order valence-corrected chi connectivity index (χ4v) is 1.28. The molecule has 0 aliphatic rings. The number of nitrogens with one attached hydrogen (secondary N) is 1. The Bertz CT molecular complexity index is 344. The van der Waals surface area contributed by atoms with Crippen molar-refractivity contribution in [3.8, 4) is 0 Å². The van der Waals surface area contributed by atoms with Gasteiger partial charge in [0.2, 0.25) is 0 Å². The molecule has 1 aromatic rings. The molecule has 3 nitrogen and oxygen atoms in total. The fourth-order valence-electron chi connectivity index (χ4n) is 1.02. The van der Waals surface area contributed by atoms with Crippen LogP contribution in [0.15, 0.2) is 23.1 Å². The molecule has 0 saturated heterocycles. The van der Waals surface area contributed by atoms with Crippen molar-refractivity contribution >= 4 is 17.5 Å². The van der Waals surface area contributed by atoms with Gasteiger partial charge in [-0.2, -0.15) is 0 Å². The minimum Gasteiger partial charge on any atom is -0.456 e. The summed E-state index contributed by atoms with van der Waals surface area (Å²) in [7, 11) is 0. The number of amides is 1. The predicted molar refractivity (Wildman–Crippen MR) is 55.5 cm³/mol. The van der Waals surface area contributed by atoms with E-state index in [0.29, 0.717) is 23.9 Å². The van der Waals surface area contributed by atoms with E-state index in [9.17, 15) is 4.79 Å². The van der Waals surface area contributed by atoms with E-state index in [1.807, 2.05) is 0 Å². The zero-order valence-corrected chi connectivity index (χ0v) is 8.73. The molecule has 1 aromatic heterocycles. The molecule has 0 aliphatic carbocycles. The van der Waals surface area contributed by atoms with Gasteiger partial charge in [0.05, 0.1) is 5.88 Å². The van der Waals surface area contributed by atoms with Crippen molar-refractivity contribution in [2.45, 2.75) is 12.8 Å². The molecule has 14 heavy (non-hydrogen) atoms. The summed E-state index contributed by atoms with van der Waals surface area (Å²) in [5, 5.41) is 2.62. The van der Waals surface area contributed by atoms with Crippen molar-refractivity contribution in [2.24, 2.45) is 0 Å². The third kappa shape index (κ3) is 2.39. The lowest BCUT2D eigenvalue weighted by atomic mass is 10.3. The van der Waals surface area contributed by atoms with Crippen molar-refractivity contribution in [1.29, 1.82) is 0 Å². The van der Waals surface area contributed by atoms with E-state index in [1.54, 1.807) is 19.1 Å². The van der Waals surface area contributed by atoms with E-state index in [-0.39, 0.29) is 5.91 Å². The Morgan fingerprint density at radius 3 is 3.00 bits per heavy atom. The summed E-state index contributed by atoms with van der Waals surface area (Å²) in [6.07, 6.45) is 1.61. The molecular formula is C10H12ClNO2. The van der Waals surface area contributed by atoms with Gasteiger partial charge in [-0.25, -0.2) is 0 Å². The number of alkyl halides is 1. The zero-order chi connectivity index (χ0) is 10.6. The van der Waals surface area contributed by atoms with Crippen molar-refractivity contribution in [1.82, 2.24) is 5.32 Å². The van der Waals surface area contributed by atoms with Gasteiger partial charge in [0.25, 0.3) is 5.91 Å². The van der Waals surface area contributed by atoms with Crippen LogP contribution in [0.4, 0.5) is 0 Å². The van der Waals surface area contributed by atoms with Crippen molar-refractivity contribution in [3.63, 3.8) is 0 Å². The first-order valence-electron chi connectivity index (χ1n) is 4.23. The summed E-state index contributed by atoms with van der Waals surface area (Å²) < 4.78 is 5.23. The summed E-state index contributed by atoms with van der Waals surface area (Å²) in [4.78, 5) is 11.4. The molecule has 0 radical (unpaired) electrons. The minimum absolute atomic E-state index is 0.246. The standard InChI is InChI=1S/C10H12ClNO2/c1-3-4-12-10(13)9-5-8(6-11)7(2)14-9/h3,5H,1,4,6H2,2H3,(H,12,13). The van der Waals surface area contributed by atoms with Gasteiger partial charge < -0.3 is 9.73 Å². The third-order valence-corrected chi connectivity index (χ3v) is 2.08. The molecule has 1 heterocycles. The zero-order valence-electron chi connectivity index (χ0n) is 7.97. The molecule has 0 aliphatic heterocycles. The number of hydrogen-bond acceptors (Lipinski definition) is 2. The van der Waals surface area contributed by atoms with Gasteiger partial charge in [-0.3, -0.25) is 4.79 Å². The smallest absolute Gasteiger partial charge is 0.287 e. The second-order valence-electron chi connectivity index (χ2n) is 2.82. The van der Waals surface area contributed by atoms with Crippen molar-refractivity contribution in [3.05, 3.63) is 35.8 Å². The Balaban J connectivity index is 2.75. The molecule has 1 amide bonds. The monoisotopic (exact) mass is 213 g/mol. The average molecular weight is 214 g/mol. The number of halogens is 1. The highest BCUT2D eigenvalue weighted by molar-refractivity contribution is 6.17. The Labute approximate surface area is 87.7 Å². The average Bonchev–Trinajstić information content (AvgIpc) is 2.56. The SMILES string of the molecule is C=CCNC(=O)c1cc(CCl)c(C)o1. The molecule has 1 rings (SSSR count). The van der Waals surface area contributed by atoms with Crippen LogP contribution in [0.1, 0.15) is 21.9 Å². The lowest BCUT2D eigenvalue weighted by Gasteiger charge is -1.96. The van der Waals surface area contributed by atoms with E-state index in [0.717, 1.165) is 5.56 Å². The van der Waals surface area contributed by atoms with Crippen LogP contribution in [-0.4, -0.2) is 12.5 Å². The molecule has 0 spiro atoms. The van der Waals surface area contributed by atoms with E-state index in [4.69, 9.17) is 16.0 Å².